The summed E-state index contributed by atoms with van der Waals surface area (Å²) in [5, 5.41) is 5.14. The minimum atomic E-state index is -0.0832. The molecule has 1 fully saturated rings. The van der Waals surface area contributed by atoms with Crippen LogP contribution in [-0.4, -0.2) is 15.3 Å². The van der Waals surface area contributed by atoms with Crippen molar-refractivity contribution in [3.8, 4) is 0 Å². The van der Waals surface area contributed by atoms with Gasteiger partial charge in [-0.15, -0.1) is 0 Å². The first kappa shape index (κ1) is 15.8. The highest BCUT2D eigenvalue weighted by Gasteiger charge is 2.33. The number of unbranched alkanes of at least 4 members (excludes halogenated alkanes) is 1. The molecule has 1 aromatic rings. The molecule has 1 aromatic heterocycles. The average molecular weight is 298 g/mol. The summed E-state index contributed by atoms with van der Waals surface area (Å²) in [6, 6.07) is 0. The van der Waals surface area contributed by atoms with E-state index < -0.39 is 0 Å². The van der Waals surface area contributed by atoms with Crippen LogP contribution in [0.15, 0.2) is 0 Å². The molecule has 0 aliphatic heterocycles. The molecule has 0 aromatic carbocycles. The summed E-state index contributed by atoms with van der Waals surface area (Å²) in [7, 11) is 1.89. The maximum Gasteiger partial charge on any atom is 0.130 e. The van der Waals surface area contributed by atoms with Crippen LogP contribution in [0.3, 0.4) is 0 Å². The Hall–Kier alpha value is -0.540. The number of halogens is 1. The molecule has 0 amide bonds. The molecule has 20 heavy (non-hydrogen) atoms. The van der Waals surface area contributed by atoms with Crippen LogP contribution in [0, 0.1) is 12.8 Å². The normalized spacial score (nSPS) is 26.9. The van der Waals surface area contributed by atoms with Gasteiger partial charge in [-0.1, -0.05) is 37.8 Å². The molecule has 0 unspecified atom stereocenters. The molecule has 1 heterocycles. The average Bonchev–Trinajstić information content (AvgIpc) is 2.65. The van der Waals surface area contributed by atoms with Crippen LogP contribution in [0.1, 0.15) is 63.1 Å². The van der Waals surface area contributed by atoms with Gasteiger partial charge in [-0.3, -0.25) is 4.68 Å². The van der Waals surface area contributed by atoms with Gasteiger partial charge in [0.1, 0.15) is 5.15 Å². The fraction of sp³-hybridized carbons (Fsp3) is 0.812. The SMILES string of the molecule is CCCCC1CCC(N)(Cc2c(C)nn(C)c2Cl)CC1. The van der Waals surface area contributed by atoms with E-state index in [0.29, 0.717) is 0 Å². The van der Waals surface area contributed by atoms with Crippen LogP contribution in [-0.2, 0) is 13.5 Å². The van der Waals surface area contributed by atoms with E-state index in [1.807, 2.05) is 14.0 Å². The topological polar surface area (TPSA) is 43.8 Å². The Kier molecular flexibility index (Phi) is 5.14. The quantitative estimate of drug-likeness (QED) is 0.892. The standard InChI is InChI=1S/C16H28ClN3/c1-4-5-6-13-7-9-16(18,10-8-13)11-14-12(2)19-20(3)15(14)17/h13H,4-11,18H2,1-3H3. The Morgan fingerprint density at radius 3 is 2.55 bits per heavy atom. The molecule has 0 atom stereocenters. The maximum atomic E-state index is 6.63. The molecule has 1 aliphatic rings. The highest BCUT2D eigenvalue weighted by molar-refractivity contribution is 6.30. The van der Waals surface area contributed by atoms with Crippen molar-refractivity contribution in [1.29, 1.82) is 0 Å². The van der Waals surface area contributed by atoms with Crippen molar-refractivity contribution in [2.45, 2.75) is 70.8 Å². The minimum Gasteiger partial charge on any atom is -0.325 e. The van der Waals surface area contributed by atoms with Gasteiger partial charge in [-0.2, -0.15) is 5.10 Å². The third-order valence-electron chi connectivity index (χ3n) is 4.87. The van der Waals surface area contributed by atoms with Gasteiger partial charge in [-0.25, -0.2) is 0 Å². The van der Waals surface area contributed by atoms with E-state index in [1.165, 1.54) is 32.1 Å². The van der Waals surface area contributed by atoms with Crippen LogP contribution in [0.25, 0.3) is 0 Å². The van der Waals surface area contributed by atoms with E-state index >= 15 is 0 Å². The van der Waals surface area contributed by atoms with Crippen molar-refractivity contribution in [3.63, 3.8) is 0 Å². The van der Waals surface area contributed by atoms with Gasteiger partial charge in [0.2, 0.25) is 0 Å². The molecule has 0 radical (unpaired) electrons. The molecule has 0 bridgehead atoms. The number of aryl methyl sites for hydroxylation is 2. The summed E-state index contributed by atoms with van der Waals surface area (Å²) in [4.78, 5) is 0. The van der Waals surface area contributed by atoms with Crippen LogP contribution in [0.2, 0.25) is 5.15 Å². The maximum absolute atomic E-state index is 6.63. The number of rotatable bonds is 5. The largest absolute Gasteiger partial charge is 0.325 e. The first-order chi connectivity index (χ1) is 9.45. The fourth-order valence-corrected chi connectivity index (χ4v) is 3.68. The number of hydrogen-bond acceptors (Lipinski definition) is 2. The number of nitrogens with two attached hydrogens (primary N) is 1. The second-order valence-electron chi connectivity index (χ2n) is 6.60. The molecule has 1 aliphatic carbocycles. The molecular weight excluding hydrogens is 270 g/mol. The third kappa shape index (κ3) is 3.56. The third-order valence-corrected chi connectivity index (χ3v) is 5.34. The Morgan fingerprint density at radius 2 is 2.05 bits per heavy atom. The Morgan fingerprint density at radius 1 is 1.40 bits per heavy atom. The summed E-state index contributed by atoms with van der Waals surface area (Å²) in [5.41, 5.74) is 8.72. The predicted molar refractivity (Wildman–Crippen MR) is 85.1 cm³/mol. The van der Waals surface area contributed by atoms with Gasteiger partial charge in [0.05, 0.1) is 5.69 Å². The molecule has 2 rings (SSSR count). The van der Waals surface area contributed by atoms with Gasteiger partial charge in [0.15, 0.2) is 0 Å². The van der Waals surface area contributed by atoms with Crippen molar-refractivity contribution in [2.24, 2.45) is 18.7 Å². The first-order valence-corrected chi connectivity index (χ1v) is 8.30. The summed E-state index contributed by atoms with van der Waals surface area (Å²) in [6.45, 7) is 4.29. The summed E-state index contributed by atoms with van der Waals surface area (Å²) >= 11 is 6.34. The molecule has 2 N–H and O–H groups in total. The molecule has 1 saturated carbocycles. The smallest absolute Gasteiger partial charge is 0.130 e. The summed E-state index contributed by atoms with van der Waals surface area (Å²) in [6.07, 6.45) is 9.68. The Labute approximate surface area is 127 Å². The lowest BCUT2D eigenvalue weighted by Crippen LogP contribution is -2.45. The molecule has 114 valence electrons. The fourth-order valence-electron chi connectivity index (χ4n) is 3.44. The number of nitrogens with zero attached hydrogens (tertiary/aromatic N) is 2. The number of hydrogen-bond donors (Lipinski definition) is 1. The van der Waals surface area contributed by atoms with Gasteiger partial charge in [-0.05, 0) is 44.9 Å². The molecule has 4 heteroatoms. The lowest BCUT2D eigenvalue weighted by molar-refractivity contribution is 0.221. The monoisotopic (exact) mass is 297 g/mol. The van der Waals surface area contributed by atoms with Crippen molar-refractivity contribution in [1.82, 2.24) is 9.78 Å². The van der Waals surface area contributed by atoms with Crippen molar-refractivity contribution < 1.29 is 0 Å². The second kappa shape index (κ2) is 6.48. The Bertz CT molecular complexity index is 445. The predicted octanol–water partition coefficient (Wildman–Crippen LogP) is 4.00. The second-order valence-corrected chi connectivity index (χ2v) is 6.96. The zero-order chi connectivity index (χ0) is 14.8. The number of aromatic nitrogens is 2. The summed E-state index contributed by atoms with van der Waals surface area (Å²) in [5.74, 6) is 0.886. The van der Waals surface area contributed by atoms with Crippen LogP contribution in [0.5, 0.6) is 0 Å². The van der Waals surface area contributed by atoms with Crippen molar-refractivity contribution in [3.05, 3.63) is 16.4 Å². The molecular formula is C16H28ClN3. The van der Waals surface area contributed by atoms with E-state index in [2.05, 4.69) is 12.0 Å². The zero-order valence-corrected chi connectivity index (χ0v) is 13.8. The van der Waals surface area contributed by atoms with Crippen molar-refractivity contribution in [2.75, 3.05) is 0 Å². The lowest BCUT2D eigenvalue weighted by Gasteiger charge is -2.37. The minimum absolute atomic E-state index is 0.0832. The lowest BCUT2D eigenvalue weighted by atomic mass is 9.73. The van der Waals surface area contributed by atoms with E-state index in [4.69, 9.17) is 17.3 Å². The molecule has 3 nitrogen and oxygen atoms in total. The molecule has 0 spiro atoms. The van der Waals surface area contributed by atoms with Gasteiger partial charge in [0, 0.05) is 18.2 Å². The van der Waals surface area contributed by atoms with Gasteiger partial charge >= 0.3 is 0 Å². The Balaban J connectivity index is 1.96. The zero-order valence-electron chi connectivity index (χ0n) is 13.1. The van der Waals surface area contributed by atoms with E-state index in [9.17, 15) is 0 Å². The van der Waals surface area contributed by atoms with Gasteiger partial charge < -0.3 is 5.73 Å². The van der Waals surface area contributed by atoms with Crippen LogP contribution in [0.4, 0.5) is 0 Å². The first-order valence-electron chi connectivity index (χ1n) is 7.92. The van der Waals surface area contributed by atoms with E-state index in [-0.39, 0.29) is 5.54 Å². The van der Waals surface area contributed by atoms with Crippen LogP contribution >= 0.6 is 11.6 Å². The van der Waals surface area contributed by atoms with Gasteiger partial charge in [0.25, 0.3) is 0 Å². The molecule has 0 saturated heterocycles. The van der Waals surface area contributed by atoms with E-state index in [0.717, 1.165) is 41.6 Å². The van der Waals surface area contributed by atoms with E-state index in [1.54, 1.807) is 4.68 Å². The summed E-state index contributed by atoms with van der Waals surface area (Å²) < 4.78 is 1.75. The van der Waals surface area contributed by atoms with Crippen molar-refractivity contribution >= 4 is 11.6 Å². The van der Waals surface area contributed by atoms with Crippen LogP contribution < -0.4 is 5.73 Å². The highest BCUT2D eigenvalue weighted by atomic mass is 35.5. The highest BCUT2D eigenvalue weighted by Crippen LogP contribution is 2.36.